The van der Waals surface area contributed by atoms with Crippen LogP contribution in [0, 0.1) is 5.92 Å². The molecule has 7 heteroatoms. The second kappa shape index (κ2) is 7.31. The molecule has 1 fully saturated rings. The minimum Gasteiger partial charge on any atom is -0.376 e. The molecule has 1 amide bonds. The van der Waals surface area contributed by atoms with Gasteiger partial charge in [-0.15, -0.1) is 0 Å². The smallest absolute Gasteiger partial charge is 0.239 e. The van der Waals surface area contributed by atoms with Crippen molar-refractivity contribution in [3.05, 3.63) is 24.3 Å². The Hall–Kier alpha value is -1.60. The van der Waals surface area contributed by atoms with Crippen molar-refractivity contribution >= 4 is 21.4 Å². The highest BCUT2D eigenvalue weighted by Crippen LogP contribution is 2.16. The molecule has 0 aliphatic carbocycles. The normalized spacial score (nSPS) is 24.9. The number of hydrogen-bond donors (Lipinski definition) is 3. The molecule has 1 aliphatic heterocycles. The van der Waals surface area contributed by atoms with Gasteiger partial charge in [-0.05, 0) is 50.1 Å². The van der Waals surface area contributed by atoms with Crippen LogP contribution in [0.15, 0.2) is 29.2 Å². The van der Waals surface area contributed by atoms with Crippen molar-refractivity contribution in [3.63, 3.8) is 0 Å². The second-order valence-electron chi connectivity index (χ2n) is 6.25. The summed E-state index contributed by atoms with van der Waals surface area (Å²) in [7, 11) is -3.20. The summed E-state index contributed by atoms with van der Waals surface area (Å²) in [5.74, 6) is 0.383. The van der Waals surface area contributed by atoms with E-state index in [9.17, 15) is 13.2 Å². The fourth-order valence-corrected chi connectivity index (χ4v) is 3.47. The van der Waals surface area contributed by atoms with Crippen LogP contribution in [0.25, 0.3) is 0 Å². The minimum atomic E-state index is -3.20. The minimum absolute atomic E-state index is 0.0652. The monoisotopic (exact) mass is 339 g/mol. The maximum Gasteiger partial charge on any atom is 0.239 e. The number of benzene rings is 1. The zero-order valence-corrected chi connectivity index (χ0v) is 14.6. The van der Waals surface area contributed by atoms with E-state index >= 15 is 0 Å². The average Bonchev–Trinajstić information content (AvgIpc) is 2.48. The van der Waals surface area contributed by atoms with Crippen LogP contribution >= 0.6 is 0 Å². The van der Waals surface area contributed by atoms with E-state index in [1.165, 1.54) is 18.4 Å². The fourth-order valence-electron chi connectivity index (χ4n) is 2.84. The number of piperidine rings is 1. The highest BCUT2D eigenvalue weighted by molar-refractivity contribution is 7.90. The molecule has 3 unspecified atom stereocenters. The predicted molar refractivity (Wildman–Crippen MR) is 91.2 cm³/mol. The maximum absolute atomic E-state index is 12.1. The van der Waals surface area contributed by atoms with Gasteiger partial charge in [-0.3, -0.25) is 4.79 Å². The molecular formula is C16H25N3O3S. The highest BCUT2D eigenvalue weighted by atomic mass is 32.2. The van der Waals surface area contributed by atoms with Crippen LogP contribution in [0.2, 0.25) is 0 Å². The summed E-state index contributed by atoms with van der Waals surface area (Å²) >= 11 is 0. The Morgan fingerprint density at radius 1 is 1.26 bits per heavy atom. The first-order valence-corrected chi connectivity index (χ1v) is 9.73. The molecule has 1 heterocycles. The number of rotatable bonds is 5. The first-order valence-electron chi connectivity index (χ1n) is 7.84. The van der Waals surface area contributed by atoms with Crippen LogP contribution in [0.3, 0.4) is 0 Å². The van der Waals surface area contributed by atoms with Crippen molar-refractivity contribution < 1.29 is 13.2 Å². The van der Waals surface area contributed by atoms with E-state index < -0.39 is 9.84 Å². The number of sulfone groups is 1. The number of carbonyl (C=O) groups excluding carboxylic acids is 1. The zero-order valence-electron chi connectivity index (χ0n) is 13.8. The summed E-state index contributed by atoms with van der Waals surface area (Å²) in [5, 5.41) is 9.45. The number of nitrogens with one attached hydrogen (secondary N) is 3. The zero-order chi connectivity index (χ0) is 17.0. The van der Waals surface area contributed by atoms with Crippen LogP contribution < -0.4 is 16.0 Å². The molecule has 1 aliphatic rings. The summed E-state index contributed by atoms with van der Waals surface area (Å²) in [6, 6.07) is 6.78. The van der Waals surface area contributed by atoms with E-state index in [-0.39, 0.29) is 29.4 Å². The lowest BCUT2D eigenvalue weighted by Gasteiger charge is -2.36. The standard InChI is InChI=1S/C16H25N3O3S/c1-11-8-9-17-12(2)16(11)19-15(20)10-18-13-4-6-14(7-5-13)23(3,21)22/h4-7,11-12,16-18H,8-10H2,1-3H3,(H,19,20). The van der Waals surface area contributed by atoms with E-state index in [1.807, 2.05) is 0 Å². The summed E-state index contributed by atoms with van der Waals surface area (Å²) in [6.45, 7) is 5.38. The number of amides is 1. The summed E-state index contributed by atoms with van der Waals surface area (Å²) in [4.78, 5) is 12.4. The van der Waals surface area contributed by atoms with Crippen molar-refractivity contribution in [2.24, 2.45) is 5.92 Å². The van der Waals surface area contributed by atoms with Crippen molar-refractivity contribution in [2.75, 3.05) is 24.7 Å². The van der Waals surface area contributed by atoms with E-state index in [4.69, 9.17) is 0 Å². The first-order chi connectivity index (χ1) is 10.8. The molecule has 1 aromatic carbocycles. The van der Waals surface area contributed by atoms with Crippen molar-refractivity contribution in [3.8, 4) is 0 Å². The van der Waals surface area contributed by atoms with Crippen LogP contribution in [-0.4, -0.2) is 45.8 Å². The molecule has 0 aromatic heterocycles. The van der Waals surface area contributed by atoms with Gasteiger partial charge in [-0.25, -0.2) is 8.42 Å². The lowest BCUT2D eigenvalue weighted by molar-refractivity contribution is -0.120. The Kier molecular flexibility index (Phi) is 5.64. The molecule has 2 rings (SSSR count). The van der Waals surface area contributed by atoms with Crippen LogP contribution in [-0.2, 0) is 14.6 Å². The molecule has 1 saturated heterocycles. The Morgan fingerprint density at radius 2 is 1.91 bits per heavy atom. The van der Waals surface area contributed by atoms with E-state index in [0.29, 0.717) is 5.92 Å². The third-order valence-electron chi connectivity index (χ3n) is 4.28. The molecule has 23 heavy (non-hydrogen) atoms. The highest BCUT2D eigenvalue weighted by Gasteiger charge is 2.28. The lowest BCUT2D eigenvalue weighted by Crippen LogP contribution is -2.56. The third kappa shape index (κ3) is 4.94. The van der Waals surface area contributed by atoms with Gasteiger partial charge in [0.1, 0.15) is 0 Å². The van der Waals surface area contributed by atoms with Gasteiger partial charge in [0, 0.05) is 24.0 Å². The van der Waals surface area contributed by atoms with Crippen molar-refractivity contribution in [1.29, 1.82) is 0 Å². The van der Waals surface area contributed by atoms with Crippen LogP contribution in [0.5, 0.6) is 0 Å². The second-order valence-corrected chi connectivity index (χ2v) is 8.27. The molecule has 6 nitrogen and oxygen atoms in total. The maximum atomic E-state index is 12.1. The number of anilines is 1. The topological polar surface area (TPSA) is 87.3 Å². The van der Waals surface area contributed by atoms with Gasteiger partial charge in [0.2, 0.25) is 5.91 Å². The van der Waals surface area contributed by atoms with Crippen LogP contribution in [0.1, 0.15) is 20.3 Å². The number of hydrogen-bond acceptors (Lipinski definition) is 5. The molecule has 3 N–H and O–H groups in total. The third-order valence-corrected chi connectivity index (χ3v) is 5.41. The molecule has 0 saturated carbocycles. The summed E-state index contributed by atoms with van der Waals surface area (Å²) in [6.07, 6.45) is 2.22. The molecule has 0 spiro atoms. The van der Waals surface area contributed by atoms with Gasteiger partial charge < -0.3 is 16.0 Å². The first kappa shape index (κ1) is 17.7. The van der Waals surface area contributed by atoms with E-state index in [2.05, 4.69) is 29.8 Å². The van der Waals surface area contributed by atoms with Crippen LogP contribution in [0.4, 0.5) is 5.69 Å². The lowest BCUT2D eigenvalue weighted by atomic mass is 9.89. The quantitative estimate of drug-likeness (QED) is 0.745. The largest absolute Gasteiger partial charge is 0.376 e. The molecule has 1 aromatic rings. The fraction of sp³-hybridized carbons (Fsp3) is 0.562. The van der Waals surface area contributed by atoms with E-state index in [0.717, 1.165) is 18.7 Å². The van der Waals surface area contributed by atoms with Gasteiger partial charge in [0.25, 0.3) is 0 Å². The van der Waals surface area contributed by atoms with Gasteiger partial charge >= 0.3 is 0 Å². The molecular weight excluding hydrogens is 314 g/mol. The Labute approximate surface area is 138 Å². The van der Waals surface area contributed by atoms with E-state index in [1.54, 1.807) is 12.1 Å². The van der Waals surface area contributed by atoms with Gasteiger partial charge in [0.05, 0.1) is 11.4 Å². The van der Waals surface area contributed by atoms with Gasteiger partial charge in [0.15, 0.2) is 9.84 Å². The van der Waals surface area contributed by atoms with Gasteiger partial charge in [-0.2, -0.15) is 0 Å². The van der Waals surface area contributed by atoms with Crippen molar-refractivity contribution in [1.82, 2.24) is 10.6 Å². The molecule has 0 radical (unpaired) electrons. The predicted octanol–water partition coefficient (Wildman–Crippen LogP) is 1.00. The summed E-state index contributed by atoms with van der Waals surface area (Å²) < 4.78 is 22.8. The average molecular weight is 339 g/mol. The Morgan fingerprint density at radius 3 is 2.48 bits per heavy atom. The summed E-state index contributed by atoms with van der Waals surface area (Å²) in [5.41, 5.74) is 0.718. The molecule has 0 bridgehead atoms. The molecule has 3 atom stereocenters. The Balaban J connectivity index is 1.87. The van der Waals surface area contributed by atoms with Gasteiger partial charge in [-0.1, -0.05) is 6.92 Å². The Bertz CT molecular complexity index is 633. The SMILES string of the molecule is CC1CCNC(C)C1NC(=O)CNc1ccc(S(C)(=O)=O)cc1. The number of carbonyl (C=O) groups is 1. The van der Waals surface area contributed by atoms with Crippen molar-refractivity contribution in [2.45, 2.75) is 37.2 Å². The molecule has 128 valence electrons.